The molecule has 2 aliphatic heterocycles. The number of rotatable bonds is 2. The molecule has 1 atom stereocenters. The fourth-order valence-electron chi connectivity index (χ4n) is 3.56. The molecular weight excluding hydrogens is 322 g/mol. The van der Waals surface area contributed by atoms with E-state index in [9.17, 15) is 9.59 Å². The third-order valence-corrected chi connectivity index (χ3v) is 4.94. The molecule has 1 aromatic heterocycles. The lowest BCUT2D eigenvalue weighted by Crippen LogP contribution is -2.54. The number of hydrogen-bond acceptors (Lipinski definition) is 4. The Morgan fingerprint density at radius 2 is 2.04 bits per heavy atom. The molecule has 0 radical (unpaired) electrons. The van der Waals surface area contributed by atoms with Crippen molar-refractivity contribution < 1.29 is 14.3 Å². The largest absolute Gasteiger partial charge is 0.378 e. The van der Waals surface area contributed by atoms with E-state index in [1.807, 2.05) is 11.8 Å². The van der Waals surface area contributed by atoms with E-state index in [1.54, 1.807) is 35.0 Å². The summed E-state index contributed by atoms with van der Waals surface area (Å²) in [5.74, 6) is -0.0146. The van der Waals surface area contributed by atoms with E-state index < -0.39 is 0 Å². The van der Waals surface area contributed by atoms with Crippen LogP contribution in [0.2, 0.25) is 0 Å². The number of amides is 1. The average molecular weight is 343 g/mol. The quantitative estimate of drug-likeness (QED) is 0.886. The Bertz CT molecular complexity index is 831. The lowest BCUT2D eigenvalue weighted by molar-refractivity contribution is -0.0995. The van der Waals surface area contributed by atoms with Gasteiger partial charge >= 0.3 is 5.69 Å². The molecule has 1 unspecified atom stereocenters. The molecule has 7 heteroatoms. The van der Waals surface area contributed by atoms with Crippen LogP contribution in [-0.4, -0.2) is 58.9 Å². The number of imidazole rings is 1. The highest BCUT2D eigenvalue weighted by atomic mass is 16.6. The van der Waals surface area contributed by atoms with Crippen molar-refractivity contribution in [2.45, 2.75) is 18.9 Å². The second kappa shape index (κ2) is 6.16. The SMILES string of the molecule is Cc1c[nH]c(=O)n1-c1ccc(C(=O)N2CCOC3(CCOC3)C2)cc1. The fourth-order valence-corrected chi connectivity index (χ4v) is 3.56. The lowest BCUT2D eigenvalue weighted by atomic mass is 10.00. The zero-order chi connectivity index (χ0) is 17.4. The van der Waals surface area contributed by atoms with Crippen molar-refractivity contribution in [3.8, 4) is 5.69 Å². The van der Waals surface area contributed by atoms with Gasteiger partial charge in [0, 0.05) is 37.0 Å². The highest BCUT2D eigenvalue weighted by Gasteiger charge is 2.41. The molecule has 0 saturated carbocycles. The molecule has 4 rings (SSSR count). The zero-order valence-electron chi connectivity index (χ0n) is 14.2. The summed E-state index contributed by atoms with van der Waals surface area (Å²) in [4.78, 5) is 29.2. The first kappa shape index (κ1) is 16.1. The molecule has 7 nitrogen and oxygen atoms in total. The van der Waals surface area contributed by atoms with Crippen LogP contribution in [0.5, 0.6) is 0 Å². The molecule has 0 aliphatic carbocycles. The van der Waals surface area contributed by atoms with Crippen molar-refractivity contribution in [1.82, 2.24) is 14.5 Å². The molecule has 2 saturated heterocycles. The topological polar surface area (TPSA) is 76.6 Å². The lowest BCUT2D eigenvalue weighted by Gasteiger charge is -2.39. The van der Waals surface area contributed by atoms with Crippen molar-refractivity contribution in [1.29, 1.82) is 0 Å². The molecule has 25 heavy (non-hydrogen) atoms. The van der Waals surface area contributed by atoms with Gasteiger partial charge < -0.3 is 19.4 Å². The molecule has 2 aromatic rings. The van der Waals surface area contributed by atoms with Gasteiger partial charge in [0.1, 0.15) is 5.60 Å². The predicted octanol–water partition coefficient (Wildman–Crippen LogP) is 1.11. The van der Waals surface area contributed by atoms with Crippen molar-refractivity contribution in [3.05, 3.63) is 52.2 Å². The number of carbonyl (C=O) groups excluding carboxylic acids is 1. The fraction of sp³-hybridized carbons (Fsp3) is 0.444. The van der Waals surface area contributed by atoms with Crippen molar-refractivity contribution in [2.75, 3.05) is 32.9 Å². The van der Waals surface area contributed by atoms with Crippen molar-refractivity contribution in [2.24, 2.45) is 0 Å². The number of ether oxygens (including phenoxy) is 2. The van der Waals surface area contributed by atoms with Crippen LogP contribution in [0.25, 0.3) is 5.69 Å². The first-order chi connectivity index (χ1) is 12.1. The first-order valence-corrected chi connectivity index (χ1v) is 8.46. The summed E-state index contributed by atoms with van der Waals surface area (Å²) in [5.41, 5.74) is 1.64. The third kappa shape index (κ3) is 2.89. The maximum absolute atomic E-state index is 12.8. The Morgan fingerprint density at radius 3 is 2.68 bits per heavy atom. The number of aromatic nitrogens is 2. The number of morpholine rings is 1. The summed E-state index contributed by atoms with van der Waals surface area (Å²) in [6.45, 7) is 4.76. The number of hydrogen-bond donors (Lipinski definition) is 1. The van der Waals surface area contributed by atoms with Gasteiger partial charge in [-0.15, -0.1) is 0 Å². The van der Waals surface area contributed by atoms with Gasteiger partial charge in [-0.25, -0.2) is 4.79 Å². The summed E-state index contributed by atoms with van der Waals surface area (Å²) >= 11 is 0. The van der Waals surface area contributed by atoms with E-state index in [0.717, 1.165) is 17.8 Å². The van der Waals surface area contributed by atoms with Gasteiger partial charge in [0.2, 0.25) is 0 Å². The van der Waals surface area contributed by atoms with Gasteiger partial charge in [-0.3, -0.25) is 9.36 Å². The van der Waals surface area contributed by atoms with E-state index in [2.05, 4.69) is 4.98 Å². The normalized spacial score (nSPS) is 23.3. The Kier molecular flexibility index (Phi) is 3.97. The van der Waals surface area contributed by atoms with Crippen molar-refractivity contribution >= 4 is 5.91 Å². The maximum Gasteiger partial charge on any atom is 0.330 e. The van der Waals surface area contributed by atoms with Crippen molar-refractivity contribution in [3.63, 3.8) is 0 Å². The van der Waals surface area contributed by atoms with Gasteiger partial charge in [-0.05, 0) is 31.2 Å². The molecule has 132 valence electrons. The molecule has 2 aliphatic rings. The summed E-state index contributed by atoms with van der Waals surface area (Å²) in [6.07, 6.45) is 2.49. The highest BCUT2D eigenvalue weighted by Crippen LogP contribution is 2.28. The van der Waals surface area contributed by atoms with Gasteiger partial charge in [0.15, 0.2) is 0 Å². The minimum atomic E-state index is -0.344. The van der Waals surface area contributed by atoms with Gasteiger partial charge in [-0.2, -0.15) is 0 Å². The molecular formula is C18H21N3O4. The number of H-pyrrole nitrogens is 1. The average Bonchev–Trinajstić information content (AvgIpc) is 3.21. The Hall–Kier alpha value is -2.38. The van der Waals surface area contributed by atoms with Crippen LogP contribution in [0.4, 0.5) is 0 Å². The minimum Gasteiger partial charge on any atom is -0.378 e. The van der Waals surface area contributed by atoms with Crippen LogP contribution in [-0.2, 0) is 9.47 Å². The number of carbonyl (C=O) groups is 1. The monoisotopic (exact) mass is 343 g/mol. The third-order valence-electron chi connectivity index (χ3n) is 4.94. The molecule has 1 aromatic carbocycles. The number of benzene rings is 1. The predicted molar refractivity (Wildman–Crippen MR) is 91.1 cm³/mol. The zero-order valence-corrected chi connectivity index (χ0v) is 14.2. The molecule has 2 fully saturated rings. The van der Waals surface area contributed by atoms with E-state index in [0.29, 0.717) is 38.5 Å². The standard InChI is InChI=1S/C18H21N3O4/c1-13-10-19-17(23)21(13)15-4-2-14(3-5-15)16(22)20-7-9-25-18(11-20)6-8-24-12-18/h2-5,10H,6-9,11-12H2,1H3,(H,19,23). The van der Waals surface area contributed by atoms with Crippen LogP contribution in [0.15, 0.2) is 35.3 Å². The van der Waals surface area contributed by atoms with Gasteiger partial charge in [-0.1, -0.05) is 0 Å². The number of aryl methyl sites for hydroxylation is 1. The second-order valence-electron chi connectivity index (χ2n) is 6.68. The summed E-state index contributed by atoms with van der Waals surface area (Å²) in [5, 5.41) is 0. The van der Waals surface area contributed by atoms with Crippen LogP contribution >= 0.6 is 0 Å². The van der Waals surface area contributed by atoms with Crippen LogP contribution in [0, 0.1) is 6.92 Å². The van der Waals surface area contributed by atoms with E-state index in [-0.39, 0.29) is 17.2 Å². The number of nitrogens with zero attached hydrogens (tertiary/aromatic N) is 2. The van der Waals surface area contributed by atoms with E-state index in [4.69, 9.17) is 9.47 Å². The molecule has 0 bridgehead atoms. The Labute approximate surface area is 145 Å². The number of nitrogens with one attached hydrogen (secondary N) is 1. The molecule has 1 N–H and O–H groups in total. The number of aromatic amines is 1. The van der Waals surface area contributed by atoms with E-state index in [1.165, 1.54) is 0 Å². The smallest absolute Gasteiger partial charge is 0.330 e. The Balaban J connectivity index is 1.54. The van der Waals surface area contributed by atoms with E-state index >= 15 is 0 Å². The molecule has 1 spiro atoms. The summed E-state index contributed by atoms with van der Waals surface area (Å²) in [6, 6.07) is 7.13. The van der Waals surface area contributed by atoms with Crippen LogP contribution < -0.4 is 5.69 Å². The molecule has 3 heterocycles. The first-order valence-electron chi connectivity index (χ1n) is 8.46. The second-order valence-corrected chi connectivity index (χ2v) is 6.68. The van der Waals surface area contributed by atoms with Crippen LogP contribution in [0.3, 0.4) is 0 Å². The minimum absolute atomic E-state index is 0.0146. The van der Waals surface area contributed by atoms with Gasteiger partial charge in [0.05, 0.1) is 25.4 Å². The Morgan fingerprint density at radius 1 is 1.24 bits per heavy atom. The maximum atomic E-state index is 12.8. The summed E-state index contributed by atoms with van der Waals surface area (Å²) < 4.78 is 12.9. The molecule has 1 amide bonds. The van der Waals surface area contributed by atoms with Crippen LogP contribution in [0.1, 0.15) is 22.5 Å². The summed E-state index contributed by atoms with van der Waals surface area (Å²) in [7, 11) is 0. The van der Waals surface area contributed by atoms with Gasteiger partial charge in [0.25, 0.3) is 5.91 Å². The highest BCUT2D eigenvalue weighted by molar-refractivity contribution is 5.94.